The summed E-state index contributed by atoms with van der Waals surface area (Å²) in [7, 11) is 4.72. The molecule has 3 amide bonds. The molecule has 3 unspecified atom stereocenters. The van der Waals surface area contributed by atoms with Crippen molar-refractivity contribution in [3.05, 3.63) is 193 Å². The first-order valence-electron chi connectivity index (χ1n) is 36.1. The summed E-state index contributed by atoms with van der Waals surface area (Å²) >= 11 is 10.6. The van der Waals surface area contributed by atoms with Gasteiger partial charge in [0.2, 0.25) is 17.7 Å². The number of ether oxygens (including phenoxy) is 3. The molecule has 9 heterocycles. The number of nitrogens with zero attached hydrogens (tertiary/aromatic N) is 12. The molecule has 3 aromatic heterocycles. The van der Waals surface area contributed by atoms with Crippen LogP contribution in [-0.4, -0.2) is 197 Å². The van der Waals surface area contributed by atoms with Gasteiger partial charge in [-0.1, -0.05) is 37.4 Å². The Morgan fingerprint density at radius 2 is 0.804 bits per heavy atom. The minimum absolute atomic E-state index is 0.0528. The van der Waals surface area contributed by atoms with Crippen LogP contribution in [0.5, 0.6) is 0 Å². The summed E-state index contributed by atoms with van der Waals surface area (Å²) in [6.07, 6.45) is 3.89. The fourth-order valence-corrected chi connectivity index (χ4v) is 20.3. The molecular weight excluding hydrogens is 1540 g/mol. The zero-order chi connectivity index (χ0) is 80.2. The van der Waals surface area contributed by atoms with Gasteiger partial charge in [-0.25, -0.2) is 45.1 Å². The molecule has 0 saturated carbocycles. The molecule has 588 valence electrons. The van der Waals surface area contributed by atoms with Crippen LogP contribution in [0, 0.1) is 61.5 Å². The summed E-state index contributed by atoms with van der Waals surface area (Å²) in [5, 5.41) is 2.30. The van der Waals surface area contributed by atoms with E-state index < -0.39 is 52.1 Å². The van der Waals surface area contributed by atoms with E-state index in [2.05, 4.69) is 39.6 Å². The number of methoxy groups -OCH3 is 3. The number of piperazine rings is 3. The molecule has 9 aromatic rings. The van der Waals surface area contributed by atoms with Gasteiger partial charge in [-0.15, -0.1) is 35.3 Å². The van der Waals surface area contributed by atoms with Gasteiger partial charge in [0.25, 0.3) is 0 Å². The van der Waals surface area contributed by atoms with Gasteiger partial charge in [0, 0.05) is 187 Å². The predicted octanol–water partition coefficient (Wildman–Crippen LogP) is 12.9. The van der Waals surface area contributed by atoms with Gasteiger partial charge < -0.3 is 43.6 Å². The zero-order valence-corrected chi connectivity index (χ0v) is 65.8. The summed E-state index contributed by atoms with van der Waals surface area (Å²) in [6, 6.07) is 12.0. The Kier molecular flexibility index (Phi) is 23.9. The van der Waals surface area contributed by atoms with Gasteiger partial charge in [0.15, 0.2) is 23.3 Å². The molecule has 0 aliphatic carbocycles. The largest absolute Gasteiger partial charge is 0.383 e. The Morgan fingerprint density at radius 3 is 1.15 bits per heavy atom. The highest BCUT2D eigenvalue weighted by molar-refractivity contribution is 8.00. The number of hydrogen-bond acceptors (Lipinski definition) is 18. The summed E-state index contributed by atoms with van der Waals surface area (Å²) in [4.78, 5) is 104. The van der Waals surface area contributed by atoms with Crippen LogP contribution in [0.4, 0.5) is 48.2 Å². The van der Waals surface area contributed by atoms with E-state index in [0.29, 0.717) is 173 Å². The Morgan fingerprint density at radius 1 is 0.464 bits per heavy atom. The second-order valence-corrected chi connectivity index (χ2v) is 31.6. The number of aryl methyl sites for hydroxylation is 3. The minimum Gasteiger partial charge on any atom is -0.383 e. The third-order valence-electron chi connectivity index (χ3n) is 21.0. The molecule has 6 aromatic carbocycles. The van der Waals surface area contributed by atoms with E-state index in [9.17, 15) is 55.1 Å². The van der Waals surface area contributed by atoms with Gasteiger partial charge in [0.05, 0.1) is 59.5 Å². The second-order valence-electron chi connectivity index (χ2n) is 28.1. The molecule has 32 heteroatoms. The van der Waals surface area contributed by atoms with Crippen molar-refractivity contribution in [2.75, 3.05) is 139 Å². The van der Waals surface area contributed by atoms with Crippen molar-refractivity contribution in [1.29, 1.82) is 0 Å². The Balaban J connectivity index is 0.000000147. The smallest absolute Gasteiger partial charge is 0.350 e. The maximum absolute atomic E-state index is 15.0. The molecule has 3 fully saturated rings. The quantitative estimate of drug-likeness (QED) is 0.0532. The highest BCUT2D eigenvalue weighted by atomic mass is 35.5. The molecule has 0 radical (unpaired) electrons. The lowest BCUT2D eigenvalue weighted by molar-refractivity contribution is -0.130. The number of anilines is 3. The monoisotopic (exact) mass is 1620 g/mol. The Hall–Kier alpha value is -9.50. The first-order valence-corrected chi connectivity index (χ1v) is 39.4. The van der Waals surface area contributed by atoms with Gasteiger partial charge in [-0.2, -0.15) is 15.0 Å². The average molecular weight is 1620 g/mol. The summed E-state index contributed by atoms with van der Waals surface area (Å²) in [5.41, 5.74) is 5.27. The van der Waals surface area contributed by atoms with Crippen molar-refractivity contribution in [3.8, 4) is 33.4 Å². The number of carbonyl (C=O) groups is 3. The third kappa shape index (κ3) is 15.0. The standard InChI is InChI=1S/C28H29F3N4O3S.C26H26ClFN4O3S.C26H25F3N4O3S/c1-6-23(36)34-15(3)10-33(11-16(34)4)27-19-7-14(2)24(18-8-21(30)22(31)9-20(18)29)26-25(19)35(28(37)32-27)17(12-38-5)13-39-26;1-4-21(33)30-7-9-31(10-8-30)25-18-11-15(2)22(16-5-6-20(28)19(27)12-16)24-23(18)32(26(34)29-25)17(13-35-3)14-36-24;1-4-21(34)31-5-7-32(8-6-31)25-17-9-14(2)22(16-10-19(28)20(29)11-18(16)27)24-23(17)33(26(35)30-25)15(12-36-3)13-37-24/h6-9,15-17H,1,10-13H2,2-5H3;4-6,11-12,17H,1,7-10,13-14H2,2-3H3;4,9-11,15H,1,5-8,12-13H2,2-3H3/t15-,16+,17?;;. The lowest BCUT2D eigenvalue weighted by Gasteiger charge is -2.45. The first-order chi connectivity index (χ1) is 53.6. The molecular formula is C80H80ClF7N12O9S3. The molecule has 6 aliphatic heterocycles. The zero-order valence-electron chi connectivity index (χ0n) is 62.6. The topological polar surface area (TPSA) is 203 Å². The average Bonchev–Trinajstić information content (AvgIpc) is 0.732. The van der Waals surface area contributed by atoms with E-state index in [4.69, 9.17) is 25.8 Å². The van der Waals surface area contributed by atoms with Crippen molar-refractivity contribution in [3.63, 3.8) is 0 Å². The lowest BCUT2D eigenvalue weighted by atomic mass is 9.96. The van der Waals surface area contributed by atoms with Crippen LogP contribution in [0.1, 0.15) is 48.7 Å². The predicted molar refractivity (Wildman–Crippen MR) is 424 cm³/mol. The van der Waals surface area contributed by atoms with E-state index in [1.165, 1.54) is 47.8 Å². The van der Waals surface area contributed by atoms with Crippen LogP contribution >= 0.6 is 46.9 Å². The molecule has 3 saturated heterocycles. The van der Waals surface area contributed by atoms with Crippen molar-refractivity contribution in [1.82, 2.24) is 43.4 Å². The van der Waals surface area contributed by atoms with Crippen LogP contribution in [-0.2, 0) is 28.6 Å². The van der Waals surface area contributed by atoms with Crippen molar-refractivity contribution in [2.45, 2.75) is 79.5 Å². The number of rotatable bonds is 15. The lowest BCUT2D eigenvalue weighted by Crippen LogP contribution is -2.58. The fraction of sp³-hybridized carbons (Fsp3) is 0.362. The van der Waals surface area contributed by atoms with Gasteiger partial charge >= 0.3 is 17.1 Å². The van der Waals surface area contributed by atoms with Crippen LogP contribution in [0.2, 0.25) is 5.02 Å². The maximum Gasteiger partial charge on any atom is 0.350 e. The second kappa shape index (κ2) is 33.3. The number of carbonyl (C=O) groups excluding carboxylic acids is 3. The Labute approximate surface area is 657 Å². The maximum atomic E-state index is 15.0. The van der Waals surface area contributed by atoms with E-state index >= 15 is 4.39 Å². The van der Waals surface area contributed by atoms with E-state index in [1.54, 1.807) is 87.5 Å². The fourth-order valence-electron chi connectivity index (χ4n) is 16.0. The van der Waals surface area contributed by atoms with Crippen molar-refractivity contribution in [2.24, 2.45) is 0 Å². The molecule has 15 rings (SSSR count). The van der Waals surface area contributed by atoms with Gasteiger partial charge in [-0.05, 0) is 118 Å². The molecule has 0 bridgehead atoms. The van der Waals surface area contributed by atoms with Crippen LogP contribution in [0.15, 0.2) is 128 Å². The number of halogens is 8. The van der Waals surface area contributed by atoms with E-state index in [0.717, 1.165) is 44.6 Å². The SMILES string of the molecule is C=CC(=O)N1CCN(c2nc(=O)n3c4c(c(-c5cc(F)c(F)cc5F)c(C)cc24)SCC3COC)CC1.C=CC(=O)N1CCN(c2nc(=O)n3c4c(c(-c5ccc(F)c(Cl)c5)c(C)cc24)SCC3COC)CC1.C=CC(=O)N1[C@H](C)CN(c2nc(=O)n3c4c(c(-c5cc(F)c(F)cc5F)c(C)cc24)SCC3COC)C[C@@H]1C. The van der Waals surface area contributed by atoms with Crippen molar-refractivity contribution < 1.29 is 59.3 Å². The number of thioether (sulfide) groups is 3. The molecule has 0 N–H and O–H groups in total. The normalized spacial score (nSPS) is 18.7. The molecule has 5 atom stereocenters. The first kappa shape index (κ1) is 80.5. The summed E-state index contributed by atoms with van der Waals surface area (Å²) in [6.45, 7) is 25.9. The van der Waals surface area contributed by atoms with Gasteiger partial charge in [0.1, 0.15) is 34.9 Å². The summed E-state index contributed by atoms with van der Waals surface area (Å²) in [5.74, 6) is -4.39. The number of aromatic nitrogens is 6. The molecule has 21 nitrogen and oxygen atoms in total. The summed E-state index contributed by atoms with van der Waals surface area (Å²) < 4.78 is 121. The molecule has 112 heavy (non-hydrogen) atoms. The highest BCUT2D eigenvalue weighted by Gasteiger charge is 2.39. The van der Waals surface area contributed by atoms with Crippen LogP contribution in [0.3, 0.4) is 0 Å². The van der Waals surface area contributed by atoms with Gasteiger partial charge in [-0.3, -0.25) is 28.1 Å². The van der Waals surface area contributed by atoms with E-state index in [1.807, 2.05) is 48.8 Å². The van der Waals surface area contributed by atoms with Crippen LogP contribution < -0.4 is 31.8 Å². The number of benzene rings is 6. The molecule has 6 aliphatic rings. The number of amides is 3. The van der Waals surface area contributed by atoms with E-state index in [-0.39, 0.29) is 83.0 Å². The molecule has 0 spiro atoms. The highest BCUT2D eigenvalue weighted by Crippen LogP contribution is 2.51. The van der Waals surface area contributed by atoms with Crippen molar-refractivity contribution >= 4 is 115 Å². The Bertz CT molecular complexity index is 5530. The minimum atomic E-state index is -1.27. The van der Waals surface area contributed by atoms with Crippen LogP contribution in [0.25, 0.3) is 66.1 Å². The number of hydrogen-bond donors (Lipinski definition) is 0. The third-order valence-corrected chi connectivity index (χ3v) is 25.0.